The molecule has 0 saturated heterocycles. The Morgan fingerprint density at radius 1 is 1.20 bits per heavy atom. The molecule has 2 N–H and O–H groups in total. The van der Waals surface area contributed by atoms with E-state index in [9.17, 15) is 0 Å². The van der Waals surface area contributed by atoms with Crippen molar-refractivity contribution in [1.29, 1.82) is 0 Å². The number of halogens is 1. The fraction of sp³-hybridized carbons (Fsp3) is 0.176. The van der Waals surface area contributed by atoms with Gasteiger partial charge in [0, 0.05) is 15.8 Å². The van der Waals surface area contributed by atoms with E-state index in [0.29, 0.717) is 0 Å². The van der Waals surface area contributed by atoms with Gasteiger partial charge in [0.2, 0.25) is 0 Å². The van der Waals surface area contributed by atoms with Gasteiger partial charge in [-0.25, -0.2) is 0 Å². The molecule has 3 heteroatoms. The standard InChI is InChI=1S/C17H16ClNS/c1-11-6-7-14(15(18)8-11)16(19)9-12-10-20-17-5-3-2-4-13(12)17/h2-8,10,16H,9,19H2,1H3. The zero-order valence-corrected chi connectivity index (χ0v) is 12.8. The van der Waals surface area contributed by atoms with E-state index >= 15 is 0 Å². The number of fused-ring (bicyclic) bond motifs is 1. The van der Waals surface area contributed by atoms with Crippen LogP contribution in [0.3, 0.4) is 0 Å². The van der Waals surface area contributed by atoms with E-state index in [1.165, 1.54) is 15.6 Å². The summed E-state index contributed by atoms with van der Waals surface area (Å²) < 4.78 is 1.31. The summed E-state index contributed by atoms with van der Waals surface area (Å²) in [6.45, 7) is 2.04. The fourth-order valence-corrected chi connectivity index (χ4v) is 3.82. The van der Waals surface area contributed by atoms with Crippen molar-refractivity contribution in [3.63, 3.8) is 0 Å². The Morgan fingerprint density at radius 2 is 2.00 bits per heavy atom. The van der Waals surface area contributed by atoms with Gasteiger partial charge in [0.15, 0.2) is 0 Å². The summed E-state index contributed by atoms with van der Waals surface area (Å²) in [6.07, 6.45) is 0.812. The molecule has 2 aromatic carbocycles. The molecule has 1 nitrogen and oxygen atoms in total. The molecule has 20 heavy (non-hydrogen) atoms. The molecule has 0 spiro atoms. The van der Waals surface area contributed by atoms with E-state index in [4.69, 9.17) is 17.3 Å². The van der Waals surface area contributed by atoms with Crippen molar-refractivity contribution in [1.82, 2.24) is 0 Å². The first kappa shape index (κ1) is 13.6. The highest BCUT2D eigenvalue weighted by Gasteiger charge is 2.13. The second kappa shape index (κ2) is 5.57. The third-order valence-electron chi connectivity index (χ3n) is 3.56. The molecule has 1 heterocycles. The Hall–Kier alpha value is -1.35. The number of aryl methyl sites for hydroxylation is 1. The van der Waals surface area contributed by atoms with Gasteiger partial charge in [0.25, 0.3) is 0 Å². The van der Waals surface area contributed by atoms with Crippen LogP contribution in [0.4, 0.5) is 0 Å². The van der Waals surface area contributed by atoms with Crippen molar-refractivity contribution in [2.45, 2.75) is 19.4 Å². The smallest absolute Gasteiger partial charge is 0.0456 e. The van der Waals surface area contributed by atoms with Crippen LogP contribution < -0.4 is 5.73 Å². The highest BCUT2D eigenvalue weighted by atomic mass is 35.5. The van der Waals surface area contributed by atoms with Gasteiger partial charge in [0.05, 0.1) is 0 Å². The molecule has 0 aliphatic heterocycles. The lowest BCUT2D eigenvalue weighted by molar-refractivity contribution is 0.727. The molecule has 0 saturated carbocycles. The van der Waals surface area contributed by atoms with Crippen LogP contribution in [0.2, 0.25) is 5.02 Å². The fourth-order valence-electron chi connectivity index (χ4n) is 2.47. The Kier molecular flexibility index (Phi) is 3.79. The van der Waals surface area contributed by atoms with E-state index in [2.05, 4.69) is 35.7 Å². The molecule has 3 aromatic rings. The Labute approximate surface area is 128 Å². The predicted octanol–water partition coefficient (Wildman–Crippen LogP) is 5.11. The van der Waals surface area contributed by atoms with Crippen molar-refractivity contribution >= 4 is 33.0 Å². The lowest BCUT2D eigenvalue weighted by Crippen LogP contribution is -2.13. The van der Waals surface area contributed by atoms with E-state index < -0.39 is 0 Å². The van der Waals surface area contributed by atoms with Gasteiger partial charge in [-0.2, -0.15) is 0 Å². The molecule has 0 aliphatic carbocycles. The van der Waals surface area contributed by atoms with Crippen molar-refractivity contribution in [2.75, 3.05) is 0 Å². The molecule has 3 rings (SSSR count). The molecule has 0 radical (unpaired) electrons. The van der Waals surface area contributed by atoms with Crippen LogP contribution in [0, 0.1) is 6.92 Å². The van der Waals surface area contributed by atoms with E-state index in [1.807, 2.05) is 19.1 Å². The molecule has 1 aromatic heterocycles. The topological polar surface area (TPSA) is 26.0 Å². The summed E-state index contributed by atoms with van der Waals surface area (Å²) in [4.78, 5) is 0. The molecule has 1 unspecified atom stereocenters. The second-order valence-electron chi connectivity index (χ2n) is 5.09. The third kappa shape index (κ3) is 2.59. The largest absolute Gasteiger partial charge is 0.324 e. The van der Waals surface area contributed by atoms with Gasteiger partial charge in [-0.3, -0.25) is 0 Å². The van der Waals surface area contributed by atoms with Gasteiger partial charge >= 0.3 is 0 Å². The van der Waals surface area contributed by atoms with Crippen molar-refractivity contribution in [3.8, 4) is 0 Å². The normalized spacial score (nSPS) is 12.8. The Bertz CT molecular complexity index is 748. The number of hydrogen-bond donors (Lipinski definition) is 1. The zero-order chi connectivity index (χ0) is 14.1. The van der Waals surface area contributed by atoms with Crippen molar-refractivity contribution in [2.24, 2.45) is 5.73 Å². The number of nitrogens with two attached hydrogens (primary N) is 1. The molecule has 0 bridgehead atoms. The summed E-state index contributed by atoms with van der Waals surface area (Å²) in [5.74, 6) is 0. The SMILES string of the molecule is Cc1ccc(C(N)Cc2csc3ccccc23)c(Cl)c1. The monoisotopic (exact) mass is 301 g/mol. The van der Waals surface area contributed by atoms with Gasteiger partial charge in [-0.15, -0.1) is 11.3 Å². The Balaban J connectivity index is 1.90. The minimum Gasteiger partial charge on any atom is -0.324 e. The molecule has 0 amide bonds. The first-order valence-corrected chi connectivity index (χ1v) is 7.87. The zero-order valence-electron chi connectivity index (χ0n) is 11.3. The van der Waals surface area contributed by atoms with Crippen LogP contribution in [0.25, 0.3) is 10.1 Å². The maximum atomic E-state index is 6.35. The predicted molar refractivity (Wildman–Crippen MR) is 88.6 cm³/mol. The van der Waals surface area contributed by atoms with Crippen LogP contribution in [0.15, 0.2) is 47.8 Å². The van der Waals surface area contributed by atoms with Crippen LogP contribution in [0.1, 0.15) is 22.7 Å². The molecule has 1 atom stereocenters. The summed E-state index contributed by atoms with van der Waals surface area (Å²) in [5, 5.41) is 4.26. The number of thiophene rings is 1. The van der Waals surface area contributed by atoms with Crippen LogP contribution in [0.5, 0.6) is 0 Å². The highest BCUT2D eigenvalue weighted by Crippen LogP contribution is 2.30. The first-order valence-electron chi connectivity index (χ1n) is 6.62. The lowest BCUT2D eigenvalue weighted by atomic mass is 9.98. The summed E-state index contributed by atoms with van der Waals surface area (Å²) in [5.41, 5.74) is 9.83. The van der Waals surface area contributed by atoms with Crippen LogP contribution in [-0.4, -0.2) is 0 Å². The second-order valence-corrected chi connectivity index (χ2v) is 6.41. The summed E-state index contributed by atoms with van der Waals surface area (Å²) >= 11 is 8.07. The van der Waals surface area contributed by atoms with Gasteiger partial charge < -0.3 is 5.73 Å². The van der Waals surface area contributed by atoms with Gasteiger partial charge in [-0.05, 0) is 52.9 Å². The van der Waals surface area contributed by atoms with Crippen molar-refractivity contribution < 1.29 is 0 Å². The first-order chi connectivity index (χ1) is 9.65. The number of rotatable bonds is 3. The van der Waals surface area contributed by atoms with E-state index in [-0.39, 0.29) is 6.04 Å². The quantitative estimate of drug-likeness (QED) is 0.715. The lowest BCUT2D eigenvalue weighted by Gasteiger charge is -2.14. The van der Waals surface area contributed by atoms with E-state index in [1.54, 1.807) is 11.3 Å². The molecular formula is C17H16ClNS. The average molecular weight is 302 g/mol. The van der Waals surface area contributed by atoms with Gasteiger partial charge in [0.1, 0.15) is 0 Å². The summed E-state index contributed by atoms with van der Waals surface area (Å²) in [7, 11) is 0. The minimum atomic E-state index is -0.0684. The number of hydrogen-bond acceptors (Lipinski definition) is 2. The molecular weight excluding hydrogens is 286 g/mol. The van der Waals surface area contributed by atoms with Crippen LogP contribution in [-0.2, 0) is 6.42 Å². The molecule has 0 fully saturated rings. The van der Waals surface area contributed by atoms with Gasteiger partial charge in [-0.1, -0.05) is 41.9 Å². The summed E-state index contributed by atoms with van der Waals surface area (Å²) in [6, 6.07) is 14.5. The third-order valence-corrected chi connectivity index (χ3v) is 4.90. The molecule has 102 valence electrons. The Morgan fingerprint density at radius 3 is 2.80 bits per heavy atom. The molecule has 0 aliphatic rings. The van der Waals surface area contributed by atoms with E-state index in [0.717, 1.165) is 22.6 Å². The minimum absolute atomic E-state index is 0.0684. The average Bonchev–Trinajstić information content (AvgIpc) is 2.82. The maximum absolute atomic E-state index is 6.35. The van der Waals surface area contributed by atoms with Crippen LogP contribution >= 0.6 is 22.9 Å². The highest BCUT2D eigenvalue weighted by molar-refractivity contribution is 7.17. The number of benzene rings is 2. The van der Waals surface area contributed by atoms with Crippen molar-refractivity contribution in [3.05, 3.63) is 69.6 Å². The maximum Gasteiger partial charge on any atom is 0.0456 e.